The molecule has 1 atom stereocenters. The predicted octanol–water partition coefficient (Wildman–Crippen LogP) is 0.315. The number of methoxy groups -OCH3 is 1. The molecule has 0 aliphatic heterocycles. The predicted molar refractivity (Wildman–Crippen MR) is 73.7 cm³/mol. The molecule has 108 valence electrons. The second-order valence-electron chi connectivity index (χ2n) is 4.06. The smallest absolute Gasteiger partial charge is 0.306 e. The average molecular weight is 298 g/mol. The fourth-order valence-electron chi connectivity index (χ4n) is 1.17. The first-order valence-electron chi connectivity index (χ1n) is 5.60. The number of carbonyl (C=O) groups is 1. The van der Waals surface area contributed by atoms with Crippen LogP contribution in [-0.4, -0.2) is 57.9 Å². The van der Waals surface area contributed by atoms with E-state index in [1.165, 1.54) is 14.2 Å². The molecular formula is C10H22N2O4S2. The fourth-order valence-corrected chi connectivity index (χ4v) is 2.91. The van der Waals surface area contributed by atoms with E-state index in [0.717, 1.165) is 10.1 Å². The Kier molecular flexibility index (Phi) is 8.58. The van der Waals surface area contributed by atoms with Crippen LogP contribution in [0.25, 0.3) is 0 Å². The molecule has 0 heterocycles. The Bertz CT molecular complexity index is 346. The van der Waals surface area contributed by atoms with Gasteiger partial charge in [0.25, 0.3) is 10.2 Å². The summed E-state index contributed by atoms with van der Waals surface area (Å²) in [5.41, 5.74) is 0. The number of esters is 1. The summed E-state index contributed by atoms with van der Waals surface area (Å²) in [5.74, 6) is 0.741. The van der Waals surface area contributed by atoms with Crippen molar-refractivity contribution in [1.82, 2.24) is 9.03 Å². The van der Waals surface area contributed by atoms with Crippen molar-refractivity contribution in [3.05, 3.63) is 0 Å². The van der Waals surface area contributed by atoms with Crippen molar-refractivity contribution >= 4 is 27.9 Å². The number of nitrogens with one attached hydrogen (secondary N) is 1. The van der Waals surface area contributed by atoms with Gasteiger partial charge in [-0.3, -0.25) is 4.79 Å². The minimum atomic E-state index is -3.51. The molecule has 0 aliphatic carbocycles. The van der Waals surface area contributed by atoms with Crippen LogP contribution in [0.1, 0.15) is 13.3 Å². The summed E-state index contributed by atoms with van der Waals surface area (Å²) < 4.78 is 31.7. The molecule has 8 heteroatoms. The van der Waals surface area contributed by atoms with Crippen LogP contribution in [0.2, 0.25) is 0 Å². The van der Waals surface area contributed by atoms with Crippen molar-refractivity contribution in [2.75, 3.05) is 39.3 Å². The Morgan fingerprint density at radius 2 is 2.11 bits per heavy atom. The molecule has 0 saturated heterocycles. The van der Waals surface area contributed by atoms with Gasteiger partial charge < -0.3 is 4.74 Å². The Balaban J connectivity index is 4.15. The molecule has 1 N–H and O–H groups in total. The lowest BCUT2D eigenvalue weighted by atomic mass is 10.2. The van der Waals surface area contributed by atoms with Crippen LogP contribution in [0.3, 0.4) is 0 Å². The molecule has 0 aliphatic rings. The number of carbonyl (C=O) groups excluding carboxylic acids is 1. The molecule has 0 bridgehead atoms. The van der Waals surface area contributed by atoms with Crippen molar-refractivity contribution < 1.29 is 17.9 Å². The van der Waals surface area contributed by atoms with Crippen LogP contribution in [0.4, 0.5) is 0 Å². The first kappa shape index (κ1) is 17.7. The number of hydrogen-bond donors (Lipinski definition) is 1. The number of hydrogen-bond acceptors (Lipinski definition) is 5. The van der Waals surface area contributed by atoms with E-state index in [2.05, 4.69) is 9.46 Å². The number of thioether (sulfide) groups is 1. The fraction of sp³-hybridized carbons (Fsp3) is 0.900. The first-order valence-corrected chi connectivity index (χ1v) is 8.43. The molecule has 0 spiro atoms. The molecular weight excluding hydrogens is 276 g/mol. The van der Waals surface area contributed by atoms with Gasteiger partial charge in [-0.15, -0.1) is 0 Å². The number of rotatable bonds is 9. The zero-order valence-electron chi connectivity index (χ0n) is 11.3. The summed E-state index contributed by atoms with van der Waals surface area (Å²) >= 11 is 1.68. The lowest BCUT2D eigenvalue weighted by molar-refractivity contribution is -0.140. The van der Waals surface area contributed by atoms with E-state index in [9.17, 15) is 13.2 Å². The molecule has 1 unspecified atom stereocenters. The summed E-state index contributed by atoms with van der Waals surface area (Å²) in [5, 5.41) is 0. The minimum absolute atomic E-state index is 0.0499. The molecule has 0 fully saturated rings. The Hall–Kier alpha value is -0.310. The van der Waals surface area contributed by atoms with Crippen molar-refractivity contribution in [3.8, 4) is 0 Å². The second kappa shape index (κ2) is 8.73. The molecule has 0 amide bonds. The van der Waals surface area contributed by atoms with E-state index >= 15 is 0 Å². The van der Waals surface area contributed by atoms with Crippen LogP contribution in [-0.2, 0) is 19.7 Å². The molecule has 6 nitrogen and oxygen atoms in total. The van der Waals surface area contributed by atoms with Crippen LogP contribution >= 0.6 is 11.8 Å². The quantitative estimate of drug-likeness (QED) is 0.620. The monoisotopic (exact) mass is 298 g/mol. The van der Waals surface area contributed by atoms with Crippen molar-refractivity contribution in [3.63, 3.8) is 0 Å². The largest absolute Gasteiger partial charge is 0.469 e. The Labute approximate surface area is 114 Å². The average Bonchev–Trinajstić information content (AvgIpc) is 2.33. The number of ether oxygens (including phenoxy) is 1. The van der Waals surface area contributed by atoms with Gasteiger partial charge in [0.15, 0.2) is 0 Å². The van der Waals surface area contributed by atoms with Crippen LogP contribution in [0, 0.1) is 5.92 Å². The standard InChI is InChI=1S/C10H22N2O4S2/c1-9(8-17-4)7-11-18(14,15)12(2)6-5-10(13)16-3/h9,11H,5-8H2,1-4H3. The van der Waals surface area contributed by atoms with Gasteiger partial charge in [0.2, 0.25) is 0 Å². The summed E-state index contributed by atoms with van der Waals surface area (Å²) in [7, 11) is -0.799. The van der Waals surface area contributed by atoms with Crippen LogP contribution in [0.5, 0.6) is 0 Å². The third-order valence-electron chi connectivity index (χ3n) is 2.33. The highest BCUT2D eigenvalue weighted by Gasteiger charge is 2.18. The van der Waals surface area contributed by atoms with Crippen molar-refractivity contribution in [2.45, 2.75) is 13.3 Å². The van der Waals surface area contributed by atoms with E-state index in [4.69, 9.17) is 0 Å². The van der Waals surface area contributed by atoms with Gasteiger partial charge in [-0.25, -0.2) is 4.72 Å². The zero-order valence-corrected chi connectivity index (χ0v) is 12.9. The Morgan fingerprint density at radius 1 is 1.50 bits per heavy atom. The van der Waals surface area contributed by atoms with Crippen LogP contribution in [0.15, 0.2) is 0 Å². The lowest BCUT2D eigenvalue weighted by Crippen LogP contribution is -2.41. The highest BCUT2D eigenvalue weighted by molar-refractivity contribution is 7.98. The third kappa shape index (κ3) is 7.20. The summed E-state index contributed by atoms with van der Waals surface area (Å²) in [6.45, 7) is 2.48. The molecule has 18 heavy (non-hydrogen) atoms. The third-order valence-corrected chi connectivity index (χ3v) is 4.77. The maximum absolute atomic E-state index is 11.8. The molecule has 0 radical (unpaired) electrons. The second-order valence-corrected chi connectivity index (χ2v) is 6.83. The highest BCUT2D eigenvalue weighted by Crippen LogP contribution is 2.04. The molecule has 0 rings (SSSR count). The minimum Gasteiger partial charge on any atom is -0.469 e. The van der Waals surface area contributed by atoms with Gasteiger partial charge in [-0.1, -0.05) is 6.92 Å². The van der Waals surface area contributed by atoms with Gasteiger partial charge in [-0.2, -0.15) is 24.5 Å². The molecule has 0 aromatic carbocycles. The normalized spacial score (nSPS) is 13.6. The van der Waals surface area contributed by atoms with Crippen molar-refractivity contribution in [1.29, 1.82) is 0 Å². The summed E-state index contributed by atoms with van der Waals surface area (Å²) in [6, 6.07) is 0. The number of nitrogens with zero attached hydrogens (tertiary/aromatic N) is 1. The van der Waals surface area contributed by atoms with E-state index in [1.807, 2.05) is 13.2 Å². The zero-order chi connectivity index (χ0) is 14.2. The van der Waals surface area contributed by atoms with Gasteiger partial charge >= 0.3 is 5.97 Å². The van der Waals surface area contributed by atoms with Crippen molar-refractivity contribution in [2.24, 2.45) is 5.92 Å². The van der Waals surface area contributed by atoms with Gasteiger partial charge in [0, 0.05) is 20.1 Å². The molecule has 0 aromatic rings. The van der Waals surface area contributed by atoms with Gasteiger partial charge in [0.05, 0.1) is 13.5 Å². The maximum atomic E-state index is 11.8. The lowest BCUT2D eigenvalue weighted by Gasteiger charge is -2.18. The van der Waals surface area contributed by atoms with E-state index in [-0.39, 0.29) is 18.9 Å². The molecule has 0 aromatic heterocycles. The first-order chi connectivity index (χ1) is 8.33. The van der Waals surface area contributed by atoms with Gasteiger partial charge in [0.1, 0.15) is 0 Å². The van der Waals surface area contributed by atoms with Gasteiger partial charge in [-0.05, 0) is 17.9 Å². The Morgan fingerprint density at radius 3 is 2.61 bits per heavy atom. The molecule has 0 saturated carbocycles. The van der Waals surface area contributed by atoms with E-state index in [1.54, 1.807) is 11.8 Å². The highest BCUT2D eigenvalue weighted by atomic mass is 32.2. The maximum Gasteiger partial charge on any atom is 0.306 e. The topological polar surface area (TPSA) is 75.7 Å². The van der Waals surface area contributed by atoms with Crippen LogP contribution < -0.4 is 4.72 Å². The summed E-state index contributed by atoms with van der Waals surface area (Å²) in [6.07, 6.45) is 2.03. The SMILES string of the molecule is COC(=O)CCN(C)S(=O)(=O)NCC(C)CSC. The van der Waals surface area contributed by atoms with E-state index in [0.29, 0.717) is 6.54 Å². The summed E-state index contributed by atoms with van der Waals surface area (Å²) in [4.78, 5) is 10.9. The van der Waals surface area contributed by atoms with E-state index < -0.39 is 16.2 Å².